The van der Waals surface area contributed by atoms with E-state index in [9.17, 15) is 13.2 Å². The quantitative estimate of drug-likeness (QED) is 0.307. The molecular weight excluding hydrogens is 498 g/mol. The summed E-state index contributed by atoms with van der Waals surface area (Å²) in [6, 6.07) is 19.3. The van der Waals surface area contributed by atoms with E-state index in [1.807, 2.05) is 65.2 Å². The maximum absolute atomic E-state index is 13.6. The number of piperidine rings is 1. The molecule has 8 nitrogen and oxygen atoms in total. The van der Waals surface area contributed by atoms with Gasteiger partial charge in [-0.3, -0.25) is 9.52 Å². The number of carbonyl (C=O) groups is 1. The maximum Gasteiger partial charge on any atom is 0.268 e. The minimum absolute atomic E-state index is 0.118. The summed E-state index contributed by atoms with van der Waals surface area (Å²) >= 11 is 0. The molecular formula is C29H33N5O3S. The molecule has 1 saturated heterocycles. The monoisotopic (exact) mass is 531 g/mol. The molecule has 0 aliphatic carbocycles. The molecule has 1 aliphatic heterocycles. The van der Waals surface area contributed by atoms with Gasteiger partial charge in [0, 0.05) is 34.9 Å². The first-order chi connectivity index (χ1) is 18.1. The van der Waals surface area contributed by atoms with Crippen LogP contribution in [0, 0.1) is 5.41 Å². The van der Waals surface area contributed by atoms with Crippen molar-refractivity contribution in [2.75, 3.05) is 31.1 Å². The van der Waals surface area contributed by atoms with E-state index in [0.717, 1.165) is 65.0 Å². The van der Waals surface area contributed by atoms with Crippen molar-refractivity contribution in [3.8, 4) is 0 Å². The Morgan fingerprint density at radius 3 is 2.47 bits per heavy atom. The predicted molar refractivity (Wildman–Crippen MR) is 154 cm³/mol. The van der Waals surface area contributed by atoms with Gasteiger partial charge in [0.1, 0.15) is 5.69 Å². The van der Waals surface area contributed by atoms with E-state index in [2.05, 4.69) is 22.0 Å². The number of carbonyl (C=O) groups excluding carboxylic acids is 1. The smallest absolute Gasteiger partial charge is 0.268 e. The fourth-order valence-corrected chi connectivity index (χ4v) is 5.77. The number of fused-ring (bicyclic) bond motifs is 2. The van der Waals surface area contributed by atoms with Crippen LogP contribution in [0.5, 0.6) is 0 Å². The van der Waals surface area contributed by atoms with E-state index in [1.165, 1.54) is 0 Å². The number of amides is 1. The molecule has 9 heteroatoms. The average molecular weight is 532 g/mol. The molecule has 4 aromatic rings. The Morgan fingerprint density at radius 2 is 1.76 bits per heavy atom. The molecule has 1 amide bonds. The van der Waals surface area contributed by atoms with E-state index in [1.54, 1.807) is 6.92 Å². The number of benzene rings is 3. The lowest BCUT2D eigenvalue weighted by Crippen LogP contribution is -2.43. The van der Waals surface area contributed by atoms with Gasteiger partial charge < -0.3 is 20.2 Å². The first kappa shape index (κ1) is 25.9. The first-order valence-corrected chi connectivity index (χ1v) is 14.6. The number of anilines is 1. The lowest BCUT2D eigenvalue weighted by molar-refractivity contribution is 0.0908. The minimum atomic E-state index is -3.46. The van der Waals surface area contributed by atoms with Gasteiger partial charge in [0.2, 0.25) is 10.0 Å². The summed E-state index contributed by atoms with van der Waals surface area (Å²) < 4.78 is 28.6. The van der Waals surface area contributed by atoms with Gasteiger partial charge in [0.25, 0.3) is 5.91 Å². The van der Waals surface area contributed by atoms with Gasteiger partial charge in [-0.15, -0.1) is 0 Å². The third kappa shape index (κ3) is 5.58. The van der Waals surface area contributed by atoms with Crippen LogP contribution in [0.15, 0.2) is 60.7 Å². The summed E-state index contributed by atoms with van der Waals surface area (Å²) in [4.78, 5) is 15.9. The Labute approximate surface area is 223 Å². The van der Waals surface area contributed by atoms with Crippen molar-refractivity contribution in [2.45, 2.75) is 32.4 Å². The number of rotatable bonds is 7. The summed E-state index contributed by atoms with van der Waals surface area (Å²) in [6.07, 6.45) is 2.95. The molecule has 1 fully saturated rings. The average Bonchev–Trinajstić information content (AvgIpc) is 3.22. The summed E-state index contributed by atoms with van der Waals surface area (Å²) in [5.74, 6) is -0.126. The highest BCUT2D eigenvalue weighted by atomic mass is 32.2. The van der Waals surface area contributed by atoms with Gasteiger partial charge in [-0.1, -0.05) is 36.4 Å². The molecule has 1 aromatic heterocycles. The lowest BCUT2D eigenvalue weighted by Gasteiger charge is -2.29. The van der Waals surface area contributed by atoms with Crippen LogP contribution in [-0.4, -0.2) is 61.9 Å². The molecule has 5 rings (SSSR count). The molecule has 38 heavy (non-hydrogen) atoms. The molecule has 198 valence electrons. The maximum atomic E-state index is 13.6. The van der Waals surface area contributed by atoms with Crippen LogP contribution in [0.2, 0.25) is 0 Å². The zero-order valence-electron chi connectivity index (χ0n) is 21.9. The first-order valence-electron chi connectivity index (χ1n) is 12.7. The van der Waals surface area contributed by atoms with Crippen molar-refractivity contribution in [1.29, 1.82) is 5.41 Å². The zero-order chi connectivity index (χ0) is 27.0. The summed E-state index contributed by atoms with van der Waals surface area (Å²) in [6.45, 7) is 4.00. The number of nitrogens with one attached hydrogen (secondary N) is 3. The SMILES string of the molecule is CC(=N)c1ccc2cc(C(=O)NC3CCN(C)CC3)n(Cc3cc(NS(C)(=O)=O)cc4ccccc34)c2c1. The molecule has 0 bridgehead atoms. The van der Waals surface area contributed by atoms with Gasteiger partial charge in [0.05, 0.1) is 6.26 Å². The van der Waals surface area contributed by atoms with E-state index >= 15 is 0 Å². The van der Waals surface area contributed by atoms with Crippen molar-refractivity contribution in [1.82, 2.24) is 14.8 Å². The molecule has 0 atom stereocenters. The molecule has 0 spiro atoms. The highest BCUT2D eigenvalue weighted by Crippen LogP contribution is 2.29. The van der Waals surface area contributed by atoms with Crippen LogP contribution in [0.3, 0.4) is 0 Å². The normalized spacial score (nSPS) is 15.1. The largest absolute Gasteiger partial charge is 0.348 e. The van der Waals surface area contributed by atoms with Crippen LogP contribution >= 0.6 is 0 Å². The highest BCUT2D eigenvalue weighted by molar-refractivity contribution is 7.92. The molecule has 1 aliphatic rings. The number of likely N-dealkylation sites (tertiary alicyclic amines) is 1. The number of nitrogens with zero attached hydrogens (tertiary/aromatic N) is 2. The Balaban J connectivity index is 1.61. The van der Waals surface area contributed by atoms with Crippen LogP contribution < -0.4 is 10.0 Å². The van der Waals surface area contributed by atoms with E-state index in [-0.39, 0.29) is 11.9 Å². The number of hydrogen-bond donors (Lipinski definition) is 3. The topological polar surface area (TPSA) is 107 Å². The number of sulfonamides is 1. The highest BCUT2D eigenvalue weighted by Gasteiger charge is 2.23. The fourth-order valence-electron chi connectivity index (χ4n) is 5.22. The van der Waals surface area contributed by atoms with Crippen LogP contribution in [-0.2, 0) is 16.6 Å². The van der Waals surface area contributed by atoms with Gasteiger partial charge in [-0.2, -0.15) is 0 Å². The molecule has 2 heterocycles. The van der Waals surface area contributed by atoms with Crippen LogP contribution in [0.1, 0.15) is 41.4 Å². The van der Waals surface area contributed by atoms with Gasteiger partial charge in [-0.05, 0) is 86.1 Å². The number of aromatic nitrogens is 1. The zero-order valence-corrected chi connectivity index (χ0v) is 22.7. The van der Waals surface area contributed by atoms with Gasteiger partial charge >= 0.3 is 0 Å². The summed E-state index contributed by atoms with van der Waals surface area (Å²) in [5.41, 5.74) is 4.00. The third-order valence-electron chi connectivity index (χ3n) is 7.20. The van der Waals surface area contributed by atoms with Crippen molar-refractivity contribution < 1.29 is 13.2 Å². The third-order valence-corrected chi connectivity index (χ3v) is 7.81. The van der Waals surface area contributed by atoms with Crippen molar-refractivity contribution in [3.63, 3.8) is 0 Å². The Hall–Kier alpha value is -3.69. The molecule has 3 aromatic carbocycles. The summed E-state index contributed by atoms with van der Waals surface area (Å²) in [5, 5.41) is 14.2. The fraction of sp³-hybridized carbons (Fsp3) is 0.310. The van der Waals surface area contributed by atoms with E-state index in [0.29, 0.717) is 23.6 Å². The second kappa shape index (κ2) is 10.2. The second-order valence-electron chi connectivity index (χ2n) is 10.3. The van der Waals surface area contributed by atoms with E-state index in [4.69, 9.17) is 5.41 Å². The van der Waals surface area contributed by atoms with Gasteiger partial charge in [0.15, 0.2) is 0 Å². The lowest BCUT2D eigenvalue weighted by atomic mass is 10.0. The molecule has 0 radical (unpaired) electrons. The van der Waals surface area contributed by atoms with Gasteiger partial charge in [-0.25, -0.2) is 8.42 Å². The minimum Gasteiger partial charge on any atom is -0.348 e. The predicted octanol–water partition coefficient (Wildman–Crippen LogP) is 4.43. The van der Waals surface area contributed by atoms with Crippen LogP contribution in [0.4, 0.5) is 5.69 Å². The Bertz CT molecular complexity index is 1650. The standard InChI is InChI=1S/C29H33N5O3S/c1-19(30)20-8-9-22-17-28(29(35)31-24-10-12-33(2)13-11-24)34(27(22)16-20)18-23-15-25(32-38(3,36)37)14-21-6-4-5-7-26(21)23/h4-9,14-17,24,30,32H,10-13,18H2,1-3H3,(H,31,35). The van der Waals surface area contributed by atoms with Crippen molar-refractivity contribution >= 4 is 49.0 Å². The molecule has 0 saturated carbocycles. The Kier molecular flexibility index (Phi) is 6.98. The Morgan fingerprint density at radius 1 is 1.03 bits per heavy atom. The number of hydrogen-bond acceptors (Lipinski definition) is 5. The summed E-state index contributed by atoms with van der Waals surface area (Å²) in [7, 11) is -1.37. The second-order valence-corrected chi connectivity index (χ2v) is 12.0. The van der Waals surface area contributed by atoms with E-state index < -0.39 is 10.0 Å². The van der Waals surface area contributed by atoms with Crippen LogP contribution in [0.25, 0.3) is 21.7 Å². The van der Waals surface area contributed by atoms with Crippen molar-refractivity contribution in [2.24, 2.45) is 0 Å². The molecule has 0 unspecified atom stereocenters. The van der Waals surface area contributed by atoms with Crippen molar-refractivity contribution in [3.05, 3.63) is 77.5 Å². The molecule has 3 N–H and O–H groups in total.